The molecule has 1 heterocycles. The molecule has 0 spiro atoms. The number of benzene rings is 1. The SMILES string of the molecule is CC(C)(Cc1ccc(Cl)cc1)c1nc(CC(=O)O)cs1. The third-order valence-corrected chi connectivity index (χ3v) is 4.53. The third-order valence-electron chi connectivity index (χ3n) is 3.02. The summed E-state index contributed by atoms with van der Waals surface area (Å²) in [6.45, 7) is 4.23. The van der Waals surface area contributed by atoms with Gasteiger partial charge in [-0.1, -0.05) is 37.6 Å². The predicted octanol–water partition coefficient (Wildman–Crippen LogP) is 3.94. The zero-order valence-corrected chi connectivity index (χ0v) is 13.0. The Morgan fingerprint density at radius 2 is 2.00 bits per heavy atom. The molecule has 2 aromatic rings. The summed E-state index contributed by atoms with van der Waals surface area (Å²) in [7, 11) is 0. The van der Waals surface area contributed by atoms with Gasteiger partial charge >= 0.3 is 5.97 Å². The van der Waals surface area contributed by atoms with Crippen LogP contribution in [-0.4, -0.2) is 16.1 Å². The van der Waals surface area contributed by atoms with Crippen LogP contribution in [0, 0.1) is 0 Å². The maximum absolute atomic E-state index is 10.7. The van der Waals surface area contributed by atoms with Crippen molar-refractivity contribution in [3.63, 3.8) is 0 Å². The second-order valence-corrected chi connectivity index (χ2v) is 6.70. The van der Waals surface area contributed by atoms with E-state index in [4.69, 9.17) is 16.7 Å². The van der Waals surface area contributed by atoms with Crippen molar-refractivity contribution < 1.29 is 9.90 Å². The highest BCUT2D eigenvalue weighted by atomic mass is 35.5. The standard InChI is InChI=1S/C15H16ClNO2S/c1-15(2,8-10-3-5-11(16)6-4-10)14-17-12(9-20-14)7-13(18)19/h3-6,9H,7-8H2,1-2H3,(H,18,19). The van der Waals surface area contributed by atoms with Gasteiger partial charge in [-0.05, 0) is 24.1 Å². The monoisotopic (exact) mass is 309 g/mol. The molecule has 3 nitrogen and oxygen atoms in total. The minimum atomic E-state index is -0.850. The van der Waals surface area contributed by atoms with Crippen LogP contribution in [-0.2, 0) is 23.1 Å². The van der Waals surface area contributed by atoms with Crippen molar-refractivity contribution in [2.75, 3.05) is 0 Å². The zero-order valence-electron chi connectivity index (χ0n) is 11.4. The lowest BCUT2D eigenvalue weighted by molar-refractivity contribution is -0.136. The summed E-state index contributed by atoms with van der Waals surface area (Å²) < 4.78 is 0. The van der Waals surface area contributed by atoms with Crippen molar-refractivity contribution in [1.82, 2.24) is 4.98 Å². The summed E-state index contributed by atoms with van der Waals surface area (Å²) in [4.78, 5) is 15.2. The van der Waals surface area contributed by atoms with Gasteiger partial charge < -0.3 is 5.11 Å². The van der Waals surface area contributed by atoms with E-state index < -0.39 is 5.97 Å². The fourth-order valence-corrected chi connectivity index (χ4v) is 3.11. The molecule has 0 amide bonds. The van der Waals surface area contributed by atoms with Gasteiger partial charge in [-0.25, -0.2) is 4.98 Å². The number of hydrogen-bond donors (Lipinski definition) is 1. The number of carboxylic acids is 1. The van der Waals surface area contributed by atoms with Crippen LogP contribution in [0.3, 0.4) is 0 Å². The predicted molar refractivity (Wildman–Crippen MR) is 81.6 cm³/mol. The fraction of sp³-hybridized carbons (Fsp3) is 0.333. The van der Waals surface area contributed by atoms with Gasteiger partial charge in [-0.15, -0.1) is 11.3 Å². The molecule has 0 fully saturated rings. The lowest BCUT2D eigenvalue weighted by Crippen LogP contribution is -2.20. The van der Waals surface area contributed by atoms with Gasteiger partial charge in [0.2, 0.25) is 0 Å². The Labute approximate surface area is 127 Å². The molecule has 0 saturated heterocycles. The van der Waals surface area contributed by atoms with Crippen LogP contribution in [0.2, 0.25) is 5.02 Å². The largest absolute Gasteiger partial charge is 0.481 e. The van der Waals surface area contributed by atoms with Gasteiger partial charge in [-0.2, -0.15) is 0 Å². The Bertz CT molecular complexity index is 605. The van der Waals surface area contributed by atoms with Gasteiger partial charge in [0.15, 0.2) is 0 Å². The van der Waals surface area contributed by atoms with E-state index in [2.05, 4.69) is 18.8 Å². The summed E-state index contributed by atoms with van der Waals surface area (Å²) in [6, 6.07) is 7.78. The number of halogens is 1. The first kappa shape index (κ1) is 15.0. The number of hydrogen-bond acceptors (Lipinski definition) is 3. The first-order valence-electron chi connectivity index (χ1n) is 6.28. The number of aromatic nitrogens is 1. The average molecular weight is 310 g/mol. The maximum Gasteiger partial charge on any atom is 0.309 e. The number of carboxylic acid groups (broad SMARTS) is 1. The maximum atomic E-state index is 10.7. The number of nitrogens with zero attached hydrogens (tertiary/aromatic N) is 1. The summed E-state index contributed by atoms with van der Waals surface area (Å²) >= 11 is 7.41. The molecule has 0 aliphatic heterocycles. The van der Waals surface area contributed by atoms with E-state index >= 15 is 0 Å². The molecule has 106 valence electrons. The van der Waals surface area contributed by atoms with E-state index in [-0.39, 0.29) is 11.8 Å². The lowest BCUT2D eigenvalue weighted by Gasteiger charge is -2.22. The van der Waals surface area contributed by atoms with Crippen LogP contribution in [0.15, 0.2) is 29.6 Å². The van der Waals surface area contributed by atoms with Gasteiger partial charge in [-0.3, -0.25) is 4.79 Å². The van der Waals surface area contributed by atoms with Crippen LogP contribution >= 0.6 is 22.9 Å². The van der Waals surface area contributed by atoms with E-state index in [0.717, 1.165) is 16.5 Å². The van der Waals surface area contributed by atoms with E-state index in [9.17, 15) is 4.79 Å². The van der Waals surface area contributed by atoms with Crippen LogP contribution in [0.25, 0.3) is 0 Å². The summed E-state index contributed by atoms with van der Waals surface area (Å²) in [5, 5.41) is 12.3. The highest BCUT2D eigenvalue weighted by Gasteiger charge is 2.25. The molecule has 0 atom stereocenters. The molecule has 20 heavy (non-hydrogen) atoms. The van der Waals surface area contributed by atoms with Gasteiger partial charge in [0, 0.05) is 15.8 Å². The molecule has 0 radical (unpaired) electrons. The molecule has 2 rings (SSSR count). The van der Waals surface area contributed by atoms with Crippen LogP contribution in [0.1, 0.15) is 30.1 Å². The Hall–Kier alpha value is -1.39. The molecule has 0 saturated carbocycles. The Kier molecular flexibility index (Phi) is 4.45. The van der Waals surface area contributed by atoms with Crippen molar-refractivity contribution in [2.24, 2.45) is 0 Å². The van der Waals surface area contributed by atoms with E-state index in [0.29, 0.717) is 5.69 Å². The second kappa shape index (κ2) is 5.94. The van der Waals surface area contributed by atoms with Crippen molar-refractivity contribution in [2.45, 2.75) is 32.1 Å². The molecular weight excluding hydrogens is 294 g/mol. The summed E-state index contributed by atoms with van der Waals surface area (Å²) in [6.07, 6.45) is 0.817. The number of rotatable bonds is 5. The molecule has 1 aromatic heterocycles. The lowest BCUT2D eigenvalue weighted by atomic mass is 9.86. The topological polar surface area (TPSA) is 50.2 Å². The summed E-state index contributed by atoms with van der Waals surface area (Å²) in [5.74, 6) is -0.850. The van der Waals surface area contributed by atoms with Crippen LogP contribution < -0.4 is 0 Å². The number of thiazole rings is 1. The Morgan fingerprint density at radius 1 is 1.35 bits per heavy atom. The Morgan fingerprint density at radius 3 is 2.60 bits per heavy atom. The van der Waals surface area contributed by atoms with Gasteiger partial charge in [0.05, 0.1) is 17.1 Å². The van der Waals surface area contributed by atoms with Crippen molar-refractivity contribution in [1.29, 1.82) is 0 Å². The highest BCUT2D eigenvalue weighted by Crippen LogP contribution is 2.30. The van der Waals surface area contributed by atoms with Crippen molar-refractivity contribution in [3.8, 4) is 0 Å². The molecule has 1 N–H and O–H groups in total. The zero-order chi connectivity index (χ0) is 14.8. The molecule has 0 bridgehead atoms. The molecule has 5 heteroatoms. The second-order valence-electron chi connectivity index (χ2n) is 5.40. The first-order chi connectivity index (χ1) is 9.37. The van der Waals surface area contributed by atoms with Crippen LogP contribution in [0.5, 0.6) is 0 Å². The molecule has 1 aromatic carbocycles. The summed E-state index contributed by atoms with van der Waals surface area (Å²) in [5.41, 5.74) is 1.69. The minimum absolute atomic E-state index is 0.0203. The first-order valence-corrected chi connectivity index (χ1v) is 7.54. The molecule has 0 aliphatic rings. The highest BCUT2D eigenvalue weighted by molar-refractivity contribution is 7.09. The van der Waals surface area contributed by atoms with E-state index in [1.807, 2.05) is 29.6 Å². The van der Waals surface area contributed by atoms with Crippen LogP contribution in [0.4, 0.5) is 0 Å². The van der Waals surface area contributed by atoms with Crippen molar-refractivity contribution in [3.05, 3.63) is 50.9 Å². The van der Waals surface area contributed by atoms with E-state index in [1.54, 1.807) is 0 Å². The molecule has 0 aliphatic carbocycles. The van der Waals surface area contributed by atoms with E-state index in [1.165, 1.54) is 16.9 Å². The number of carbonyl (C=O) groups is 1. The van der Waals surface area contributed by atoms with Gasteiger partial charge in [0.25, 0.3) is 0 Å². The minimum Gasteiger partial charge on any atom is -0.481 e. The third kappa shape index (κ3) is 3.81. The number of aliphatic carboxylic acids is 1. The molecule has 0 unspecified atom stereocenters. The Balaban J connectivity index is 2.14. The quantitative estimate of drug-likeness (QED) is 0.910. The molecular formula is C15H16ClNO2S. The van der Waals surface area contributed by atoms with Gasteiger partial charge in [0.1, 0.15) is 0 Å². The average Bonchev–Trinajstić information content (AvgIpc) is 2.80. The normalized spacial score (nSPS) is 11.6. The fourth-order valence-electron chi connectivity index (χ4n) is 2.04. The van der Waals surface area contributed by atoms with Crippen molar-refractivity contribution >= 4 is 28.9 Å². The smallest absolute Gasteiger partial charge is 0.309 e.